The molecule has 0 aliphatic heterocycles. The lowest BCUT2D eigenvalue weighted by Gasteiger charge is -2.21. The third kappa shape index (κ3) is 4.07. The number of halogens is 1. The molecule has 1 unspecified atom stereocenters. The summed E-state index contributed by atoms with van der Waals surface area (Å²) in [5.74, 6) is 0.747. The average molecular weight is 332 g/mol. The molecule has 5 heteroatoms. The van der Waals surface area contributed by atoms with Gasteiger partial charge in [-0.25, -0.2) is 0 Å². The van der Waals surface area contributed by atoms with E-state index in [1.165, 1.54) is 12.8 Å². The molecule has 1 atom stereocenters. The Kier molecular flexibility index (Phi) is 4.81. The monoisotopic (exact) mass is 331 g/mol. The second-order valence-electron chi connectivity index (χ2n) is 4.87. The summed E-state index contributed by atoms with van der Waals surface area (Å²) in [5.41, 5.74) is 1.15. The largest absolute Gasteiger partial charge is 0.368 e. The van der Waals surface area contributed by atoms with Crippen LogP contribution in [0.15, 0.2) is 15.2 Å². The van der Waals surface area contributed by atoms with Crippen LogP contribution < -0.4 is 0 Å². The van der Waals surface area contributed by atoms with Crippen LogP contribution in [0.2, 0.25) is 0 Å². The fourth-order valence-electron chi connectivity index (χ4n) is 1.73. The number of rotatable bonds is 6. The van der Waals surface area contributed by atoms with Crippen LogP contribution in [0.25, 0.3) is 0 Å². The standard InChI is InChI=1S/C13H18BrNO2S/c1-9(17-7-10-3-4-10)13(16)15(2)6-11-5-12(14)18-8-11/h5,8-10H,3-4,6-7H2,1-2H3. The van der Waals surface area contributed by atoms with Gasteiger partial charge in [0.05, 0.1) is 10.4 Å². The summed E-state index contributed by atoms with van der Waals surface area (Å²) >= 11 is 5.06. The normalized spacial score (nSPS) is 16.6. The first-order valence-corrected chi connectivity index (χ1v) is 7.83. The summed E-state index contributed by atoms with van der Waals surface area (Å²) in [6.07, 6.45) is 2.16. The van der Waals surface area contributed by atoms with Gasteiger partial charge in [0.2, 0.25) is 0 Å². The summed E-state index contributed by atoms with van der Waals surface area (Å²) in [6.45, 7) is 3.20. The number of nitrogens with zero attached hydrogens (tertiary/aromatic N) is 1. The molecule has 1 aromatic rings. The van der Waals surface area contributed by atoms with E-state index in [0.717, 1.165) is 16.0 Å². The van der Waals surface area contributed by atoms with Crippen molar-refractivity contribution in [2.24, 2.45) is 5.92 Å². The van der Waals surface area contributed by atoms with E-state index in [-0.39, 0.29) is 12.0 Å². The summed E-state index contributed by atoms with van der Waals surface area (Å²) in [7, 11) is 1.82. The Hall–Kier alpha value is -0.390. The number of hydrogen-bond acceptors (Lipinski definition) is 3. The molecule has 3 nitrogen and oxygen atoms in total. The van der Waals surface area contributed by atoms with Crippen molar-refractivity contribution >= 4 is 33.2 Å². The highest BCUT2D eigenvalue weighted by Gasteiger charge is 2.25. The van der Waals surface area contributed by atoms with Gasteiger partial charge in [-0.15, -0.1) is 11.3 Å². The first-order valence-electron chi connectivity index (χ1n) is 6.15. The maximum atomic E-state index is 12.1. The van der Waals surface area contributed by atoms with Crippen LogP contribution in [-0.2, 0) is 16.1 Å². The molecular weight excluding hydrogens is 314 g/mol. The van der Waals surface area contributed by atoms with Crippen molar-refractivity contribution in [3.63, 3.8) is 0 Å². The third-order valence-electron chi connectivity index (χ3n) is 3.04. The van der Waals surface area contributed by atoms with Gasteiger partial charge < -0.3 is 9.64 Å². The molecule has 0 saturated heterocycles. The molecule has 100 valence electrons. The van der Waals surface area contributed by atoms with Crippen LogP contribution in [0.4, 0.5) is 0 Å². The zero-order valence-electron chi connectivity index (χ0n) is 10.7. The van der Waals surface area contributed by atoms with Gasteiger partial charge in [0.1, 0.15) is 6.10 Å². The molecule has 1 saturated carbocycles. The van der Waals surface area contributed by atoms with Crippen LogP contribution >= 0.6 is 27.3 Å². The van der Waals surface area contributed by atoms with E-state index >= 15 is 0 Å². The van der Waals surface area contributed by atoms with E-state index in [0.29, 0.717) is 12.5 Å². The Balaban J connectivity index is 1.79. The van der Waals surface area contributed by atoms with Gasteiger partial charge in [0.25, 0.3) is 5.91 Å². The predicted octanol–water partition coefficient (Wildman–Crippen LogP) is 3.28. The summed E-state index contributed by atoms with van der Waals surface area (Å²) in [4.78, 5) is 13.8. The number of amides is 1. The van der Waals surface area contributed by atoms with E-state index in [2.05, 4.69) is 21.3 Å². The summed E-state index contributed by atoms with van der Waals surface area (Å²) in [5, 5.41) is 2.06. The summed E-state index contributed by atoms with van der Waals surface area (Å²) in [6, 6.07) is 2.05. The molecule has 1 heterocycles. The van der Waals surface area contributed by atoms with E-state index in [1.807, 2.05) is 20.0 Å². The van der Waals surface area contributed by atoms with Gasteiger partial charge in [0.15, 0.2) is 0 Å². The maximum absolute atomic E-state index is 12.1. The van der Waals surface area contributed by atoms with Crippen molar-refractivity contribution in [2.75, 3.05) is 13.7 Å². The van der Waals surface area contributed by atoms with Crippen LogP contribution in [0.1, 0.15) is 25.3 Å². The van der Waals surface area contributed by atoms with Crippen molar-refractivity contribution in [1.82, 2.24) is 4.90 Å². The minimum atomic E-state index is -0.335. The van der Waals surface area contributed by atoms with Crippen molar-refractivity contribution in [2.45, 2.75) is 32.4 Å². The molecule has 1 aliphatic carbocycles. The number of carbonyl (C=O) groups excluding carboxylic acids is 1. The Morgan fingerprint density at radius 1 is 1.67 bits per heavy atom. The highest BCUT2D eigenvalue weighted by atomic mass is 79.9. The maximum Gasteiger partial charge on any atom is 0.251 e. The van der Waals surface area contributed by atoms with Gasteiger partial charge in [-0.05, 0) is 58.6 Å². The van der Waals surface area contributed by atoms with Crippen LogP contribution in [-0.4, -0.2) is 30.6 Å². The molecular formula is C13H18BrNO2S. The van der Waals surface area contributed by atoms with E-state index in [1.54, 1.807) is 16.2 Å². The average Bonchev–Trinajstić information content (AvgIpc) is 3.08. The smallest absolute Gasteiger partial charge is 0.251 e. The minimum Gasteiger partial charge on any atom is -0.368 e. The minimum absolute atomic E-state index is 0.0537. The molecule has 0 radical (unpaired) electrons. The highest BCUT2D eigenvalue weighted by Crippen LogP contribution is 2.29. The second-order valence-corrected chi connectivity index (χ2v) is 7.16. The predicted molar refractivity (Wildman–Crippen MR) is 76.6 cm³/mol. The molecule has 2 rings (SSSR count). The number of carbonyl (C=O) groups is 1. The van der Waals surface area contributed by atoms with Crippen molar-refractivity contribution < 1.29 is 9.53 Å². The molecule has 1 aromatic heterocycles. The lowest BCUT2D eigenvalue weighted by Crippen LogP contribution is -2.36. The lowest BCUT2D eigenvalue weighted by atomic mass is 10.3. The highest BCUT2D eigenvalue weighted by molar-refractivity contribution is 9.11. The zero-order chi connectivity index (χ0) is 13.1. The van der Waals surface area contributed by atoms with Gasteiger partial charge in [-0.2, -0.15) is 0 Å². The van der Waals surface area contributed by atoms with E-state index in [4.69, 9.17) is 4.74 Å². The molecule has 18 heavy (non-hydrogen) atoms. The number of ether oxygens (including phenoxy) is 1. The Morgan fingerprint density at radius 2 is 2.39 bits per heavy atom. The molecule has 0 N–H and O–H groups in total. The SMILES string of the molecule is CC(OCC1CC1)C(=O)N(C)Cc1csc(Br)c1. The second kappa shape index (κ2) is 6.17. The molecule has 1 amide bonds. The number of hydrogen-bond donors (Lipinski definition) is 0. The lowest BCUT2D eigenvalue weighted by molar-refractivity contribution is -0.142. The van der Waals surface area contributed by atoms with Crippen molar-refractivity contribution in [3.05, 3.63) is 20.8 Å². The molecule has 1 fully saturated rings. The molecule has 0 spiro atoms. The van der Waals surface area contributed by atoms with Gasteiger partial charge in [0, 0.05) is 13.6 Å². The van der Waals surface area contributed by atoms with E-state index < -0.39 is 0 Å². The Bertz CT molecular complexity index is 417. The quantitative estimate of drug-likeness (QED) is 0.800. The fourth-order valence-corrected chi connectivity index (χ4v) is 2.93. The van der Waals surface area contributed by atoms with E-state index in [9.17, 15) is 4.79 Å². The van der Waals surface area contributed by atoms with Gasteiger partial charge in [-0.1, -0.05) is 0 Å². The topological polar surface area (TPSA) is 29.5 Å². The summed E-state index contributed by atoms with van der Waals surface area (Å²) < 4.78 is 6.69. The van der Waals surface area contributed by atoms with Crippen molar-refractivity contribution in [3.8, 4) is 0 Å². The van der Waals surface area contributed by atoms with Crippen molar-refractivity contribution in [1.29, 1.82) is 0 Å². The van der Waals surface area contributed by atoms with Gasteiger partial charge >= 0.3 is 0 Å². The first-order chi connectivity index (χ1) is 8.56. The zero-order valence-corrected chi connectivity index (χ0v) is 13.1. The van der Waals surface area contributed by atoms with Gasteiger partial charge in [-0.3, -0.25) is 4.79 Å². The first kappa shape index (κ1) is 14.0. The molecule has 0 aromatic carbocycles. The third-order valence-corrected chi connectivity index (χ3v) is 4.60. The number of likely N-dealkylation sites (N-methyl/N-ethyl adjacent to an activating group) is 1. The molecule has 1 aliphatic rings. The van der Waals surface area contributed by atoms with Crippen LogP contribution in [0, 0.1) is 5.92 Å². The number of thiophene rings is 1. The molecule has 0 bridgehead atoms. The van der Waals surface area contributed by atoms with Crippen LogP contribution in [0.5, 0.6) is 0 Å². The Morgan fingerprint density at radius 3 is 2.94 bits per heavy atom. The van der Waals surface area contributed by atoms with Crippen LogP contribution in [0.3, 0.4) is 0 Å². The Labute approximate surface area is 120 Å². The fraction of sp³-hybridized carbons (Fsp3) is 0.615.